The average molecular weight is 378 g/mol. The van der Waals surface area contributed by atoms with E-state index >= 15 is 0 Å². The molecule has 2 aliphatic rings. The van der Waals surface area contributed by atoms with Crippen LogP contribution in [0.25, 0.3) is 0 Å². The van der Waals surface area contributed by atoms with Crippen molar-refractivity contribution in [3.05, 3.63) is 71.3 Å². The highest BCUT2D eigenvalue weighted by Gasteiger charge is 2.38. The molecule has 0 unspecified atom stereocenters. The van der Waals surface area contributed by atoms with Gasteiger partial charge in [0.05, 0.1) is 11.1 Å². The quantitative estimate of drug-likeness (QED) is 0.612. The zero-order valence-corrected chi connectivity index (χ0v) is 15.0. The molecule has 1 aliphatic carbocycles. The molecule has 2 aromatic rings. The summed E-state index contributed by atoms with van der Waals surface area (Å²) in [6.45, 7) is -0.549. The van der Waals surface area contributed by atoms with Gasteiger partial charge < -0.3 is 10.1 Å². The zero-order chi connectivity index (χ0) is 19.7. The van der Waals surface area contributed by atoms with Crippen LogP contribution in [0, 0.1) is 0 Å². The minimum atomic E-state index is -1.13. The monoisotopic (exact) mass is 378 g/mol. The fourth-order valence-corrected chi connectivity index (χ4v) is 3.09. The highest BCUT2D eigenvalue weighted by Crippen LogP contribution is 2.25. The van der Waals surface area contributed by atoms with Crippen LogP contribution in [0.1, 0.15) is 45.2 Å². The summed E-state index contributed by atoms with van der Waals surface area (Å²) in [5.41, 5.74) is 1.04. The second-order valence-electron chi connectivity index (χ2n) is 6.81. The van der Waals surface area contributed by atoms with E-state index in [1.807, 2.05) is 0 Å². The number of benzene rings is 2. The molecule has 142 valence electrons. The number of carbonyl (C=O) groups excluding carboxylic acids is 4. The number of nitrogens with one attached hydrogen (secondary N) is 1. The molecule has 7 heteroatoms. The molecule has 0 aromatic heterocycles. The Morgan fingerprint density at radius 3 is 2.11 bits per heavy atom. The SMILES string of the molecule is O=C(CN1C(=O)c2ccccc2C1=O)O[C@H](C(=O)NC1CC1)c1ccccc1. The van der Waals surface area contributed by atoms with E-state index in [1.165, 1.54) is 12.1 Å². The van der Waals surface area contributed by atoms with Gasteiger partial charge in [0.25, 0.3) is 17.7 Å². The van der Waals surface area contributed by atoms with Crippen LogP contribution in [0.3, 0.4) is 0 Å². The lowest BCUT2D eigenvalue weighted by atomic mass is 10.1. The first kappa shape index (κ1) is 17.9. The number of nitrogens with zero attached hydrogens (tertiary/aromatic N) is 1. The molecule has 1 N–H and O–H groups in total. The molecule has 1 aliphatic heterocycles. The third-order valence-electron chi connectivity index (χ3n) is 4.68. The Balaban J connectivity index is 1.48. The molecular weight excluding hydrogens is 360 g/mol. The number of carbonyl (C=O) groups is 4. The van der Waals surface area contributed by atoms with E-state index in [0.717, 1.165) is 17.7 Å². The van der Waals surface area contributed by atoms with Gasteiger partial charge in [-0.2, -0.15) is 0 Å². The van der Waals surface area contributed by atoms with Crippen LogP contribution in [0.5, 0.6) is 0 Å². The Bertz CT molecular complexity index is 917. The number of rotatable bonds is 6. The van der Waals surface area contributed by atoms with Crippen LogP contribution in [0.2, 0.25) is 0 Å². The highest BCUT2D eigenvalue weighted by molar-refractivity contribution is 6.22. The molecule has 3 amide bonds. The van der Waals surface area contributed by atoms with Crippen LogP contribution in [-0.2, 0) is 14.3 Å². The van der Waals surface area contributed by atoms with Crippen molar-refractivity contribution in [2.24, 2.45) is 0 Å². The van der Waals surface area contributed by atoms with Crippen molar-refractivity contribution >= 4 is 23.7 Å². The molecule has 4 rings (SSSR count). The summed E-state index contributed by atoms with van der Waals surface area (Å²) in [5.74, 6) is -2.33. The van der Waals surface area contributed by atoms with E-state index in [2.05, 4.69) is 5.32 Å². The molecule has 0 bridgehead atoms. The predicted molar refractivity (Wildman–Crippen MR) is 98.2 cm³/mol. The van der Waals surface area contributed by atoms with E-state index in [-0.39, 0.29) is 17.2 Å². The summed E-state index contributed by atoms with van der Waals surface area (Å²) in [6, 6.07) is 15.1. The number of esters is 1. The molecule has 2 aromatic carbocycles. The van der Waals surface area contributed by atoms with Crippen molar-refractivity contribution in [1.29, 1.82) is 0 Å². The van der Waals surface area contributed by atoms with Crippen LogP contribution < -0.4 is 5.32 Å². The van der Waals surface area contributed by atoms with Crippen molar-refractivity contribution in [1.82, 2.24) is 10.2 Å². The Morgan fingerprint density at radius 1 is 0.964 bits per heavy atom. The molecule has 28 heavy (non-hydrogen) atoms. The lowest BCUT2D eigenvalue weighted by Gasteiger charge is -2.20. The van der Waals surface area contributed by atoms with Gasteiger partial charge in [-0.05, 0) is 25.0 Å². The van der Waals surface area contributed by atoms with Gasteiger partial charge in [0.15, 0.2) is 0 Å². The maximum atomic E-state index is 12.5. The first-order valence-electron chi connectivity index (χ1n) is 9.04. The van der Waals surface area contributed by atoms with Crippen molar-refractivity contribution < 1.29 is 23.9 Å². The molecule has 0 radical (unpaired) electrons. The minimum Gasteiger partial charge on any atom is -0.446 e. The molecular formula is C21H18N2O5. The molecule has 0 saturated heterocycles. The second kappa shape index (κ2) is 7.26. The normalized spacial score (nSPS) is 16.5. The Labute approximate surface area is 161 Å². The summed E-state index contributed by atoms with van der Waals surface area (Å²) in [4.78, 5) is 50.7. The van der Waals surface area contributed by atoms with Gasteiger partial charge in [-0.3, -0.25) is 24.1 Å². The lowest BCUT2D eigenvalue weighted by molar-refractivity contribution is -0.156. The first-order chi connectivity index (χ1) is 13.5. The number of hydrogen-bond acceptors (Lipinski definition) is 5. The van der Waals surface area contributed by atoms with Crippen LogP contribution in [0.4, 0.5) is 0 Å². The van der Waals surface area contributed by atoms with Crippen LogP contribution >= 0.6 is 0 Å². The summed E-state index contributed by atoms with van der Waals surface area (Å²) < 4.78 is 5.39. The van der Waals surface area contributed by atoms with E-state index < -0.39 is 36.3 Å². The van der Waals surface area contributed by atoms with Crippen molar-refractivity contribution in [2.45, 2.75) is 25.0 Å². The first-order valence-corrected chi connectivity index (χ1v) is 9.04. The lowest BCUT2D eigenvalue weighted by Crippen LogP contribution is -2.38. The van der Waals surface area contributed by atoms with Gasteiger partial charge in [0, 0.05) is 11.6 Å². The Hall–Kier alpha value is -3.48. The highest BCUT2D eigenvalue weighted by atomic mass is 16.5. The Kier molecular flexibility index (Phi) is 4.65. The number of ether oxygens (including phenoxy) is 1. The number of imide groups is 1. The standard InChI is InChI=1S/C21H18N2O5/c24-17(12-23-20(26)15-8-4-5-9-16(15)21(23)27)28-18(13-6-2-1-3-7-13)19(25)22-14-10-11-14/h1-9,14,18H,10-12H2,(H,22,25)/t18-/m0/s1. The van der Waals surface area contributed by atoms with E-state index in [4.69, 9.17) is 4.74 Å². The number of amides is 3. The summed E-state index contributed by atoms with van der Waals surface area (Å²) in [7, 11) is 0. The molecule has 1 saturated carbocycles. The van der Waals surface area contributed by atoms with Gasteiger partial charge in [-0.1, -0.05) is 42.5 Å². The maximum absolute atomic E-state index is 12.5. The second-order valence-corrected chi connectivity index (χ2v) is 6.81. The number of hydrogen-bond donors (Lipinski definition) is 1. The van der Waals surface area contributed by atoms with Crippen LogP contribution in [0.15, 0.2) is 54.6 Å². The minimum absolute atomic E-state index is 0.105. The summed E-state index contributed by atoms with van der Waals surface area (Å²) in [5, 5.41) is 2.82. The van der Waals surface area contributed by atoms with E-state index in [0.29, 0.717) is 5.56 Å². The third-order valence-corrected chi connectivity index (χ3v) is 4.68. The zero-order valence-electron chi connectivity index (χ0n) is 15.0. The Morgan fingerprint density at radius 2 is 1.54 bits per heavy atom. The van der Waals surface area contributed by atoms with E-state index in [1.54, 1.807) is 42.5 Å². The number of fused-ring (bicyclic) bond motifs is 1. The smallest absolute Gasteiger partial charge is 0.327 e. The maximum Gasteiger partial charge on any atom is 0.327 e. The van der Waals surface area contributed by atoms with Gasteiger partial charge in [0.2, 0.25) is 6.10 Å². The fraction of sp³-hybridized carbons (Fsp3) is 0.238. The largest absolute Gasteiger partial charge is 0.446 e. The summed E-state index contributed by atoms with van der Waals surface area (Å²) in [6.07, 6.45) is 0.663. The predicted octanol–water partition coefficient (Wildman–Crippen LogP) is 1.85. The third kappa shape index (κ3) is 3.51. The van der Waals surface area contributed by atoms with Gasteiger partial charge in [-0.15, -0.1) is 0 Å². The average Bonchev–Trinajstić information content (AvgIpc) is 3.50. The molecule has 0 spiro atoms. The summed E-state index contributed by atoms with van der Waals surface area (Å²) >= 11 is 0. The van der Waals surface area contributed by atoms with Crippen LogP contribution in [-0.4, -0.2) is 41.2 Å². The van der Waals surface area contributed by atoms with Crippen molar-refractivity contribution in [2.75, 3.05) is 6.54 Å². The van der Waals surface area contributed by atoms with Crippen molar-refractivity contribution in [3.63, 3.8) is 0 Å². The van der Waals surface area contributed by atoms with Gasteiger partial charge >= 0.3 is 5.97 Å². The molecule has 1 fully saturated rings. The molecule has 1 atom stereocenters. The fourth-order valence-electron chi connectivity index (χ4n) is 3.09. The van der Waals surface area contributed by atoms with E-state index in [9.17, 15) is 19.2 Å². The molecule has 1 heterocycles. The topological polar surface area (TPSA) is 92.8 Å². The van der Waals surface area contributed by atoms with Gasteiger partial charge in [0.1, 0.15) is 6.54 Å². The molecule has 7 nitrogen and oxygen atoms in total. The van der Waals surface area contributed by atoms with Gasteiger partial charge in [-0.25, -0.2) is 0 Å². The van der Waals surface area contributed by atoms with Crippen molar-refractivity contribution in [3.8, 4) is 0 Å².